The molecule has 0 bridgehead atoms. The smallest absolute Gasteiger partial charge is 0.410 e. The number of ether oxygens (including phenoxy) is 20. The zero-order valence-electron chi connectivity index (χ0n) is 69.8. The molecule has 4 aliphatic rings. The number of azide groups is 2. The lowest BCUT2D eigenvalue weighted by atomic mass is 9.93. The van der Waals surface area contributed by atoms with E-state index in [2.05, 4.69) is 20.1 Å². The van der Waals surface area contributed by atoms with Crippen LogP contribution in [0.3, 0.4) is 0 Å². The van der Waals surface area contributed by atoms with Gasteiger partial charge in [-0.05, 0) is 70.6 Å². The first-order chi connectivity index (χ1) is 60.6. The number of methoxy groups -OCH3 is 2. The van der Waals surface area contributed by atoms with Gasteiger partial charge in [-0.3, -0.25) is 24.0 Å². The van der Waals surface area contributed by atoms with Crippen molar-refractivity contribution in [3.8, 4) is 0 Å². The van der Waals surface area contributed by atoms with Crippen LogP contribution in [0.2, 0.25) is 0 Å². The number of aliphatic hydroxyl groups excluding tert-OH is 1. The van der Waals surface area contributed by atoms with Gasteiger partial charge in [0.2, 0.25) is 0 Å². The molecule has 4 aliphatic heterocycles. The monoisotopic (exact) mass is 1740 g/mol. The third kappa shape index (κ3) is 29.1. The molecule has 0 aliphatic carbocycles. The van der Waals surface area contributed by atoms with Crippen LogP contribution in [0, 0.1) is 0 Å². The van der Waals surface area contributed by atoms with Gasteiger partial charge in [0.15, 0.2) is 49.6 Å². The molecule has 0 radical (unpaired) electrons. The molecule has 0 spiro atoms. The average Bonchev–Trinajstić information content (AvgIpc) is 0.767. The summed E-state index contributed by atoms with van der Waals surface area (Å²) in [6.45, 7) is 1.82. The minimum atomic E-state index is -2.15. The lowest BCUT2D eigenvalue weighted by Crippen LogP contribution is -2.69. The van der Waals surface area contributed by atoms with Crippen LogP contribution in [-0.2, 0) is 173 Å². The number of hydrogen-bond donors (Lipinski definition) is 1. The maximum atomic E-state index is 15.2. The molecule has 1 N–H and O–H groups in total. The lowest BCUT2D eigenvalue weighted by molar-refractivity contribution is -0.377. The van der Waals surface area contributed by atoms with Gasteiger partial charge < -0.3 is 110 Å². The molecule has 4 saturated heterocycles. The summed E-state index contributed by atoms with van der Waals surface area (Å²) in [4.78, 5) is 130. The first kappa shape index (κ1) is 95.9. The fraction of sp³-hybridized carbons (Fsp3) is 0.489. The van der Waals surface area contributed by atoms with E-state index in [1.54, 1.807) is 126 Å². The molecule has 37 heteroatoms. The van der Waals surface area contributed by atoms with E-state index in [1.165, 1.54) is 6.92 Å². The predicted molar refractivity (Wildman–Crippen MR) is 433 cm³/mol. The second-order valence-corrected chi connectivity index (χ2v) is 29.4. The second-order valence-electron chi connectivity index (χ2n) is 29.4. The molecular formula is C88H103N7O30. The Balaban J connectivity index is 1.03. The molecule has 1 amide bonds. The van der Waals surface area contributed by atoms with Crippen LogP contribution in [0.5, 0.6) is 0 Å². The maximum Gasteiger partial charge on any atom is 0.410 e. The Morgan fingerprint density at radius 1 is 0.392 bits per heavy atom. The van der Waals surface area contributed by atoms with Crippen LogP contribution in [0.15, 0.2) is 192 Å². The molecule has 6 aromatic carbocycles. The van der Waals surface area contributed by atoms with Crippen LogP contribution < -0.4 is 0 Å². The molecule has 20 atom stereocenters. The Labute approximate surface area is 720 Å². The summed E-state index contributed by atoms with van der Waals surface area (Å²) >= 11 is 0. The molecule has 6 aromatic rings. The van der Waals surface area contributed by atoms with Crippen molar-refractivity contribution in [3.05, 3.63) is 236 Å². The number of hydrogen-bond acceptors (Lipinski definition) is 32. The standard InChI is InChI=1S/C88H103N7O30/c1-54(96)40-41-66(100)110-53-65-72(121-86-80(117-56(3)98)75(70(102)76(123-86)82(103)106-5)114-49-61-34-20-10-21-35-61)74(113-48-60-32-18-9-19-33-60)69(92-94-90)85(120-65)124-78-77(115-50-62-36-22-11-23-37-62)81(118-57(4)99)87(125-79(78)83(104)107-6)122-71-64(52-111-67(101)42-45-108-55(2)97)119-84(68(91-93-89)73(71)112-47-59-30-16-8-17-31-59)109-44-27-13-26-43-95(46-58-28-14-7-15-29-58)88(105)116-51-63-38-24-12-25-39-63/h7-12,14-25,28-39,64-65,68-81,84-87,102H,13,26-27,40-53H2,1-6H3. The number of rotatable bonds is 45. The van der Waals surface area contributed by atoms with Gasteiger partial charge in [0.25, 0.3) is 0 Å². The van der Waals surface area contributed by atoms with Crippen molar-refractivity contribution in [2.24, 2.45) is 10.2 Å². The average molecular weight is 1740 g/mol. The number of nitrogens with zero attached hydrogens (tertiary/aromatic N) is 7. The summed E-state index contributed by atoms with van der Waals surface area (Å²) in [5.41, 5.74) is 25.2. The van der Waals surface area contributed by atoms with E-state index in [0.29, 0.717) is 41.5 Å². The highest BCUT2D eigenvalue weighted by atomic mass is 16.8. The second kappa shape index (κ2) is 50.0. The Morgan fingerprint density at radius 3 is 1.26 bits per heavy atom. The van der Waals surface area contributed by atoms with E-state index < -0.39 is 197 Å². The quantitative estimate of drug-likeness (QED) is 0.00927. The Kier molecular flexibility index (Phi) is 38.3. The van der Waals surface area contributed by atoms with Gasteiger partial charge >= 0.3 is 47.9 Å². The summed E-state index contributed by atoms with van der Waals surface area (Å²) in [7, 11) is 2.03. The van der Waals surface area contributed by atoms with E-state index in [-0.39, 0.29) is 71.5 Å². The van der Waals surface area contributed by atoms with Crippen LogP contribution in [0.4, 0.5) is 4.79 Å². The van der Waals surface area contributed by atoms with Crippen molar-refractivity contribution in [2.45, 2.75) is 228 Å². The summed E-state index contributed by atoms with van der Waals surface area (Å²) in [6, 6.07) is 49.6. The number of amides is 1. The fourth-order valence-corrected chi connectivity index (χ4v) is 14.2. The number of aliphatic hydroxyl groups is 1. The SMILES string of the molecule is COC(=O)C1OC(OC2C(COC(=O)CCC(C)=O)OC(OC3C(C(=O)OC)OC(OC4C(COC(=O)CCOC(C)=O)OC(OCCCCCN(Cc5ccccc5)C(=O)OCc5ccccc5)C(N=[N+]=[N-])C4OCc4ccccc4)C(OC(C)=O)C3OCc3ccccc3)C(N=[N+]=[N-])C2OCc2ccccc2)C(OC(C)=O)C(OCc2ccccc2)C1O. The zero-order valence-corrected chi connectivity index (χ0v) is 69.8. The molecule has 20 unspecified atom stereocenters. The van der Waals surface area contributed by atoms with Crippen LogP contribution in [-0.4, -0.2) is 234 Å². The number of benzene rings is 6. The highest BCUT2D eigenvalue weighted by molar-refractivity contribution is 5.81. The maximum absolute atomic E-state index is 15.2. The van der Waals surface area contributed by atoms with Crippen molar-refractivity contribution in [3.63, 3.8) is 0 Å². The predicted octanol–water partition coefficient (Wildman–Crippen LogP) is 9.75. The molecular weight excluding hydrogens is 1630 g/mol. The molecule has 37 nitrogen and oxygen atoms in total. The lowest BCUT2D eigenvalue weighted by Gasteiger charge is -2.51. The van der Waals surface area contributed by atoms with Crippen molar-refractivity contribution >= 4 is 53.7 Å². The zero-order chi connectivity index (χ0) is 89.0. The van der Waals surface area contributed by atoms with Crippen LogP contribution in [0.25, 0.3) is 20.9 Å². The number of carbonyl (C=O) groups is 9. The van der Waals surface area contributed by atoms with E-state index in [0.717, 1.165) is 46.1 Å². The van der Waals surface area contributed by atoms with Crippen molar-refractivity contribution in [1.29, 1.82) is 0 Å². The number of Topliss-reactive ketones (excluding diaryl/α,β-unsaturated/α-hetero) is 1. The molecule has 0 aromatic heterocycles. The molecule has 10 rings (SSSR count). The van der Waals surface area contributed by atoms with Gasteiger partial charge in [0.1, 0.15) is 105 Å². The summed E-state index contributed by atoms with van der Waals surface area (Å²) in [5, 5.41) is 20.4. The summed E-state index contributed by atoms with van der Waals surface area (Å²) < 4.78 is 126. The Bertz CT molecular complexity index is 4510. The molecule has 670 valence electrons. The van der Waals surface area contributed by atoms with E-state index in [9.17, 15) is 54.5 Å². The first-order valence-corrected chi connectivity index (χ1v) is 40.6. The van der Waals surface area contributed by atoms with Gasteiger partial charge in [0.05, 0.1) is 53.5 Å². The third-order valence-corrected chi connectivity index (χ3v) is 20.2. The molecule has 125 heavy (non-hydrogen) atoms. The number of carbonyl (C=O) groups excluding carboxylic acids is 9. The Hall–Kier alpha value is -11.4. The van der Waals surface area contributed by atoms with Crippen LogP contribution >= 0.6 is 0 Å². The topological polar surface area (TPSA) is 459 Å². The van der Waals surface area contributed by atoms with Gasteiger partial charge in [-0.15, -0.1) is 0 Å². The Morgan fingerprint density at radius 2 is 0.800 bits per heavy atom. The molecule has 4 fully saturated rings. The van der Waals surface area contributed by atoms with Crippen molar-refractivity contribution in [2.75, 3.05) is 47.2 Å². The van der Waals surface area contributed by atoms with Crippen molar-refractivity contribution in [1.82, 2.24) is 4.90 Å². The fourth-order valence-electron chi connectivity index (χ4n) is 14.2. The van der Waals surface area contributed by atoms with Crippen molar-refractivity contribution < 1.29 is 143 Å². The normalized spacial score (nSPS) is 25.7. The minimum Gasteiger partial charge on any atom is -0.467 e. The van der Waals surface area contributed by atoms with E-state index in [4.69, 9.17) is 94.7 Å². The number of esters is 7. The van der Waals surface area contributed by atoms with Gasteiger partial charge in [-0.25, -0.2) is 14.4 Å². The van der Waals surface area contributed by atoms with Gasteiger partial charge in [-0.2, -0.15) is 0 Å². The number of unbranched alkanes of at least 4 members (excludes halogenated alkanes) is 2. The summed E-state index contributed by atoms with van der Waals surface area (Å²) in [5.74, 6) is -7.24. The van der Waals surface area contributed by atoms with Gasteiger partial charge in [-0.1, -0.05) is 192 Å². The largest absolute Gasteiger partial charge is 0.467 e. The van der Waals surface area contributed by atoms with Crippen LogP contribution in [0.1, 0.15) is 99.6 Å². The highest BCUT2D eigenvalue weighted by Crippen LogP contribution is 2.41. The first-order valence-electron chi connectivity index (χ1n) is 40.6. The van der Waals surface area contributed by atoms with E-state index >= 15 is 4.79 Å². The summed E-state index contributed by atoms with van der Waals surface area (Å²) in [6.07, 6.45) is -33.7. The minimum absolute atomic E-state index is 0.0484. The highest BCUT2D eigenvalue weighted by Gasteiger charge is 2.61. The molecule has 0 saturated carbocycles. The molecule has 4 heterocycles. The third-order valence-electron chi connectivity index (χ3n) is 20.2. The van der Waals surface area contributed by atoms with E-state index in [1.807, 2.05) is 60.7 Å². The number of ketones is 1. The van der Waals surface area contributed by atoms with Gasteiger partial charge in [0, 0.05) is 56.7 Å².